The van der Waals surface area contributed by atoms with Crippen LogP contribution in [0.25, 0.3) is 0 Å². The fraction of sp³-hybridized carbons (Fsp3) is 0.333. The van der Waals surface area contributed by atoms with E-state index in [1.54, 1.807) is 7.11 Å². The maximum Gasteiger partial charge on any atom is 0.174 e. The quantitative estimate of drug-likeness (QED) is 0.578. The van der Waals surface area contributed by atoms with Crippen LogP contribution < -0.4 is 15.0 Å². The van der Waals surface area contributed by atoms with Gasteiger partial charge in [-0.15, -0.1) is 0 Å². The number of ether oxygens (including phenoxy) is 1. The summed E-state index contributed by atoms with van der Waals surface area (Å²) >= 11 is 5.82. The number of para-hydroxylation sites is 2. The van der Waals surface area contributed by atoms with Gasteiger partial charge >= 0.3 is 0 Å². The number of aromatic nitrogens is 2. The molecule has 2 aliphatic rings. The lowest BCUT2D eigenvalue weighted by atomic mass is 9.98. The number of nitrogens with one attached hydrogen (secondary N) is 1. The third-order valence-electron chi connectivity index (χ3n) is 6.27. The standard InChI is InChI=1S/C24H26N4OS/c1-29-21-12-5-4-11-20(21)28-23(17-13-15-27(16-17)18-8-2-3-9-18)22(26-24(28)30)19-10-6-7-14-25-19/h4-7,10-16,18,22-23H,2-3,8-9H2,1H3,(H,26,30)/t22-,23+/m0/s1. The predicted molar refractivity (Wildman–Crippen MR) is 123 cm³/mol. The molecule has 0 bridgehead atoms. The Labute approximate surface area is 182 Å². The van der Waals surface area contributed by atoms with Crippen LogP contribution in [-0.4, -0.2) is 21.8 Å². The lowest BCUT2D eigenvalue weighted by Gasteiger charge is -2.28. The van der Waals surface area contributed by atoms with Gasteiger partial charge in [0.2, 0.25) is 0 Å². The van der Waals surface area contributed by atoms with E-state index < -0.39 is 0 Å². The SMILES string of the molecule is COc1ccccc1N1C(=S)N[C@@H](c2ccccn2)[C@H]1c1ccn(C2CCCC2)c1. The first-order chi connectivity index (χ1) is 14.8. The lowest BCUT2D eigenvalue weighted by Crippen LogP contribution is -2.29. The summed E-state index contributed by atoms with van der Waals surface area (Å²) < 4.78 is 8.06. The van der Waals surface area contributed by atoms with Crippen molar-refractivity contribution in [3.05, 3.63) is 78.4 Å². The summed E-state index contributed by atoms with van der Waals surface area (Å²) in [5, 5.41) is 4.22. The number of thiocarbonyl (C=S) groups is 1. The molecule has 3 heterocycles. The van der Waals surface area contributed by atoms with E-state index in [0.717, 1.165) is 17.1 Å². The molecular formula is C24H26N4OS. The highest BCUT2D eigenvalue weighted by Crippen LogP contribution is 2.44. The molecule has 154 valence electrons. The summed E-state index contributed by atoms with van der Waals surface area (Å²) in [6, 6.07) is 16.9. The van der Waals surface area contributed by atoms with Crippen LogP contribution in [0, 0.1) is 0 Å². The van der Waals surface area contributed by atoms with E-state index >= 15 is 0 Å². The fourth-order valence-corrected chi connectivity index (χ4v) is 5.16. The van der Waals surface area contributed by atoms with Gasteiger partial charge in [0.1, 0.15) is 5.75 Å². The number of rotatable bonds is 5. The second kappa shape index (κ2) is 8.11. The van der Waals surface area contributed by atoms with Gasteiger partial charge in [-0.25, -0.2) is 0 Å². The van der Waals surface area contributed by atoms with Gasteiger partial charge in [-0.05, 0) is 61.0 Å². The molecule has 1 aliphatic carbocycles. The van der Waals surface area contributed by atoms with Crippen molar-refractivity contribution in [1.29, 1.82) is 0 Å². The van der Waals surface area contributed by atoms with Gasteiger partial charge in [-0.1, -0.05) is 31.0 Å². The van der Waals surface area contributed by atoms with Crippen molar-refractivity contribution in [3.8, 4) is 5.75 Å². The van der Waals surface area contributed by atoms with E-state index in [1.807, 2.05) is 36.5 Å². The molecule has 2 aromatic heterocycles. The molecule has 0 spiro atoms. The Morgan fingerprint density at radius 1 is 1.07 bits per heavy atom. The predicted octanol–water partition coefficient (Wildman–Crippen LogP) is 5.18. The highest BCUT2D eigenvalue weighted by atomic mass is 32.1. The molecule has 5 rings (SSSR count). The van der Waals surface area contributed by atoms with Gasteiger partial charge in [-0.2, -0.15) is 0 Å². The maximum absolute atomic E-state index is 5.82. The van der Waals surface area contributed by atoms with Crippen molar-refractivity contribution in [3.63, 3.8) is 0 Å². The van der Waals surface area contributed by atoms with E-state index in [0.29, 0.717) is 11.2 Å². The van der Waals surface area contributed by atoms with E-state index in [-0.39, 0.29) is 12.1 Å². The monoisotopic (exact) mass is 418 g/mol. The Morgan fingerprint density at radius 3 is 2.63 bits per heavy atom. The minimum Gasteiger partial charge on any atom is -0.495 e. The zero-order chi connectivity index (χ0) is 20.5. The van der Waals surface area contributed by atoms with Crippen molar-refractivity contribution in [2.45, 2.75) is 43.8 Å². The molecule has 2 fully saturated rings. The molecule has 1 aromatic carbocycles. The Kier molecular flexibility index (Phi) is 5.17. The largest absolute Gasteiger partial charge is 0.495 e. The molecule has 1 aliphatic heterocycles. The molecule has 6 heteroatoms. The van der Waals surface area contributed by atoms with E-state index in [4.69, 9.17) is 17.0 Å². The summed E-state index contributed by atoms with van der Waals surface area (Å²) in [5.74, 6) is 0.809. The zero-order valence-electron chi connectivity index (χ0n) is 17.1. The van der Waals surface area contributed by atoms with Gasteiger partial charge in [0.15, 0.2) is 5.11 Å². The zero-order valence-corrected chi connectivity index (χ0v) is 17.9. The van der Waals surface area contributed by atoms with Crippen LogP contribution in [0.1, 0.15) is 55.1 Å². The molecule has 0 unspecified atom stereocenters. The van der Waals surface area contributed by atoms with Crippen LogP contribution >= 0.6 is 12.2 Å². The molecule has 1 N–H and O–H groups in total. The van der Waals surface area contributed by atoms with Gasteiger partial charge in [-0.3, -0.25) is 4.98 Å². The molecule has 0 radical (unpaired) electrons. The molecule has 3 aromatic rings. The Morgan fingerprint density at radius 2 is 1.87 bits per heavy atom. The Balaban J connectivity index is 1.59. The summed E-state index contributed by atoms with van der Waals surface area (Å²) in [5.41, 5.74) is 3.18. The van der Waals surface area contributed by atoms with Crippen molar-refractivity contribution in [2.75, 3.05) is 12.0 Å². The lowest BCUT2D eigenvalue weighted by molar-refractivity contribution is 0.414. The Hall–Kier alpha value is -2.86. The van der Waals surface area contributed by atoms with E-state index in [9.17, 15) is 0 Å². The van der Waals surface area contributed by atoms with Crippen molar-refractivity contribution in [1.82, 2.24) is 14.9 Å². The van der Waals surface area contributed by atoms with Crippen LogP contribution in [0.4, 0.5) is 5.69 Å². The van der Waals surface area contributed by atoms with Crippen molar-refractivity contribution >= 4 is 23.0 Å². The molecular weight excluding hydrogens is 392 g/mol. The van der Waals surface area contributed by atoms with Gasteiger partial charge in [0.05, 0.1) is 30.6 Å². The number of benzene rings is 1. The summed E-state index contributed by atoms with van der Waals surface area (Å²) in [4.78, 5) is 6.82. The molecule has 0 amide bonds. The number of hydrogen-bond acceptors (Lipinski definition) is 3. The maximum atomic E-state index is 5.82. The average Bonchev–Trinajstić information content (AvgIpc) is 3.53. The van der Waals surface area contributed by atoms with E-state index in [1.165, 1.54) is 31.2 Å². The number of pyridine rings is 1. The normalized spacial score (nSPS) is 21.8. The number of methoxy groups -OCH3 is 1. The van der Waals surface area contributed by atoms with Gasteiger partial charge in [0.25, 0.3) is 0 Å². The van der Waals surface area contributed by atoms with Crippen LogP contribution in [0.5, 0.6) is 5.75 Å². The van der Waals surface area contributed by atoms with Gasteiger partial charge < -0.3 is 19.5 Å². The third kappa shape index (κ3) is 3.35. The first kappa shape index (κ1) is 19.1. The molecule has 2 atom stereocenters. The smallest absolute Gasteiger partial charge is 0.174 e. The fourth-order valence-electron chi connectivity index (χ4n) is 4.82. The van der Waals surface area contributed by atoms with Crippen molar-refractivity contribution in [2.24, 2.45) is 0 Å². The van der Waals surface area contributed by atoms with Gasteiger partial charge in [0, 0.05) is 24.6 Å². The summed E-state index contributed by atoms with van der Waals surface area (Å²) in [6.45, 7) is 0. The first-order valence-corrected chi connectivity index (χ1v) is 11.0. The third-order valence-corrected chi connectivity index (χ3v) is 6.58. The topological polar surface area (TPSA) is 42.3 Å². The Bertz CT molecular complexity index is 1030. The second-order valence-electron chi connectivity index (χ2n) is 8.00. The average molecular weight is 419 g/mol. The highest BCUT2D eigenvalue weighted by molar-refractivity contribution is 7.80. The van der Waals surface area contributed by atoms with E-state index in [2.05, 4.69) is 50.4 Å². The molecule has 1 saturated heterocycles. The highest BCUT2D eigenvalue weighted by Gasteiger charge is 2.42. The number of hydrogen-bond donors (Lipinski definition) is 1. The van der Waals surface area contributed by atoms with Crippen molar-refractivity contribution < 1.29 is 4.74 Å². The molecule has 5 nitrogen and oxygen atoms in total. The van der Waals surface area contributed by atoms with Crippen LogP contribution in [0.2, 0.25) is 0 Å². The minimum absolute atomic E-state index is 0.00801. The molecule has 1 saturated carbocycles. The minimum atomic E-state index is -0.0389. The first-order valence-electron chi connectivity index (χ1n) is 10.6. The second-order valence-corrected chi connectivity index (χ2v) is 8.39. The molecule has 30 heavy (non-hydrogen) atoms. The van der Waals surface area contributed by atoms with Crippen LogP contribution in [-0.2, 0) is 0 Å². The summed E-state index contributed by atoms with van der Waals surface area (Å²) in [6.07, 6.45) is 11.5. The summed E-state index contributed by atoms with van der Waals surface area (Å²) in [7, 11) is 1.70. The van der Waals surface area contributed by atoms with Crippen LogP contribution in [0.15, 0.2) is 67.1 Å². The number of anilines is 1. The van der Waals surface area contributed by atoms with Crippen LogP contribution in [0.3, 0.4) is 0 Å². The number of nitrogens with zero attached hydrogens (tertiary/aromatic N) is 3.